The molecule has 0 bridgehead atoms. The van der Waals surface area contributed by atoms with Gasteiger partial charge in [0.15, 0.2) is 11.5 Å². The summed E-state index contributed by atoms with van der Waals surface area (Å²) >= 11 is 3.37. The molecular weight excluding hydrogens is 304 g/mol. The lowest BCUT2D eigenvalue weighted by molar-refractivity contribution is 0.152. The first-order valence-corrected chi connectivity index (χ1v) is 6.05. The number of carbonyl (C=O) groups excluding carboxylic acids is 1. The quantitative estimate of drug-likeness (QED) is 0.686. The predicted octanol–water partition coefficient (Wildman–Crippen LogP) is 2.26. The summed E-state index contributed by atoms with van der Waals surface area (Å²) in [5.41, 5.74) is 3.01. The van der Waals surface area contributed by atoms with Crippen molar-refractivity contribution in [3.63, 3.8) is 0 Å². The van der Waals surface area contributed by atoms with Crippen LogP contribution in [0.2, 0.25) is 0 Å². The Kier molecular flexibility index (Phi) is 4.03. The zero-order chi connectivity index (χ0) is 13.0. The lowest BCUT2D eigenvalue weighted by Crippen LogP contribution is -2.18. The van der Waals surface area contributed by atoms with Gasteiger partial charge < -0.3 is 14.2 Å². The number of nitrogens with zero attached hydrogens (tertiary/aromatic N) is 1. The average molecular weight is 315 g/mol. The Morgan fingerprint density at radius 1 is 1.61 bits per heavy atom. The number of fused-ring (bicyclic) bond motifs is 1. The van der Waals surface area contributed by atoms with Gasteiger partial charge in [-0.3, -0.25) is 0 Å². The molecule has 0 unspecified atom stereocenters. The molecule has 0 atom stereocenters. The highest BCUT2D eigenvalue weighted by molar-refractivity contribution is 9.10. The number of halogens is 1. The molecule has 1 aliphatic rings. The van der Waals surface area contributed by atoms with Gasteiger partial charge in [-0.25, -0.2) is 10.2 Å². The van der Waals surface area contributed by atoms with Crippen LogP contribution >= 0.6 is 15.9 Å². The second-order valence-electron chi connectivity index (χ2n) is 3.33. The fourth-order valence-corrected chi connectivity index (χ4v) is 1.96. The summed E-state index contributed by atoms with van der Waals surface area (Å²) in [6.07, 6.45) is 0.900. The Morgan fingerprint density at radius 3 is 3.22 bits per heavy atom. The summed E-state index contributed by atoms with van der Waals surface area (Å²) < 4.78 is 15.9. The van der Waals surface area contributed by atoms with Crippen LogP contribution in [0.1, 0.15) is 12.5 Å². The van der Waals surface area contributed by atoms with Gasteiger partial charge in [0, 0.05) is 0 Å². The Balaban J connectivity index is 2.04. The van der Waals surface area contributed by atoms with Crippen LogP contribution in [-0.2, 0) is 4.74 Å². The smallest absolute Gasteiger partial charge is 0.427 e. The molecule has 0 fully saturated rings. The van der Waals surface area contributed by atoms with Crippen LogP contribution in [0.25, 0.3) is 0 Å². The first-order chi connectivity index (χ1) is 8.70. The van der Waals surface area contributed by atoms with E-state index in [1.165, 1.54) is 6.21 Å². The van der Waals surface area contributed by atoms with Crippen LogP contribution in [0, 0.1) is 0 Å². The second kappa shape index (κ2) is 5.72. The van der Waals surface area contributed by atoms with Gasteiger partial charge in [-0.05, 0) is 40.5 Å². The van der Waals surface area contributed by atoms with E-state index in [1.54, 1.807) is 13.0 Å². The first kappa shape index (κ1) is 12.7. The molecule has 1 aromatic carbocycles. The summed E-state index contributed by atoms with van der Waals surface area (Å²) in [5.74, 6) is 1.31. The molecule has 2 rings (SSSR count). The molecule has 0 spiro atoms. The molecule has 1 aromatic rings. The van der Waals surface area contributed by atoms with E-state index in [2.05, 4.69) is 31.2 Å². The number of hydrazone groups is 1. The number of hydrogen-bond acceptors (Lipinski definition) is 5. The van der Waals surface area contributed by atoms with Crippen molar-refractivity contribution in [1.29, 1.82) is 0 Å². The predicted molar refractivity (Wildman–Crippen MR) is 68.0 cm³/mol. The average Bonchev–Trinajstić information content (AvgIpc) is 2.78. The van der Waals surface area contributed by atoms with Crippen molar-refractivity contribution >= 4 is 28.2 Å². The Bertz CT molecular complexity index is 490. The number of benzene rings is 1. The minimum Gasteiger partial charge on any atom is -0.454 e. The van der Waals surface area contributed by atoms with Gasteiger partial charge in [-0.2, -0.15) is 5.10 Å². The van der Waals surface area contributed by atoms with Crippen molar-refractivity contribution in [2.75, 3.05) is 13.4 Å². The summed E-state index contributed by atoms with van der Waals surface area (Å²) in [7, 11) is 0. The molecule has 6 nitrogen and oxygen atoms in total. The van der Waals surface area contributed by atoms with Crippen LogP contribution < -0.4 is 14.9 Å². The number of hydrogen-bond donors (Lipinski definition) is 1. The molecule has 1 N–H and O–H groups in total. The van der Waals surface area contributed by atoms with Crippen molar-refractivity contribution in [2.45, 2.75) is 6.92 Å². The third-order valence-corrected chi connectivity index (χ3v) is 2.68. The van der Waals surface area contributed by atoms with Gasteiger partial charge in [0.2, 0.25) is 6.79 Å². The van der Waals surface area contributed by atoms with E-state index in [1.807, 2.05) is 6.07 Å². The molecule has 0 saturated carbocycles. The van der Waals surface area contributed by atoms with E-state index >= 15 is 0 Å². The van der Waals surface area contributed by atoms with Crippen molar-refractivity contribution < 1.29 is 19.0 Å². The zero-order valence-electron chi connectivity index (χ0n) is 9.60. The monoisotopic (exact) mass is 314 g/mol. The maximum atomic E-state index is 11.0. The summed E-state index contributed by atoms with van der Waals surface area (Å²) in [6.45, 7) is 2.23. The van der Waals surface area contributed by atoms with Crippen molar-refractivity contribution in [3.05, 3.63) is 22.2 Å². The highest BCUT2D eigenvalue weighted by atomic mass is 79.9. The number of rotatable bonds is 3. The fraction of sp³-hybridized carbons (Fsp3) is 0.273. The fourth-order valence-electron chi connectivity index (χ4n) is 1.38. The minimum atomic E-state index is -0.589. The van der Waals surface area contributed by atoms with Gasteiger partial charge >= 0.3 is 6.09 Å². The molecule has 96 valence electrons. The molecule has 1 aliphatic heterocycles. The molecule has 0 aromatic heterocycles. The van der Waals surface area contributed by atoms with Gasteiger partial charge in [-0.1, -0.05) is 0 Å². The van der Waals surface area contributed by atoms with E-state index in [9.17, 15) is 4.79 Å². The number of carbonyl (C=O) groups is 1. The Labute approximate surface area is 112 Å². The van der Waals surface area contributed by atoms with E-state index in [-0.39, 0.29) is 6.79 Å². The molecule has 0 aliphatic carbocycles. The Morgan fingerprint density at radius 2 is 2.44 bits per heavy atom. The normalized spacial score (nSPS) is 12.8. The topological polar surface area (TPSA) is 69.2 Å². The van der Waals surface area contributed by atoms with Crippen molar-refractivity contribution in [3.8, 4) is 11.5 Å². The SMILES string of the molecule is CCOC(=O)N/N=C\c1cc(Br)c2c(c1)OCO2. The third kappa shape index (κ3) is 2.92. The van der Waals surface area contributed by atoms with E-state index in [4.69, 9.17) is 9.47 Å². The van der Waals surface area contributed by atoms with Gasteiger partial charge in [0.05, 0.1) is 17.3 Å². The molecule has 18 heavy (non-hydrogen) atoms. The lowest BCUT2D eigenvalue weighted by Gasteiger charge is -2.01. The maximum absolute atomic E-state index is 11.0. The maximum Gasteiger partial charge on any atom is 0.427 e. The minimum absolute atomic E-state index is 0.204. The summed E-state index contributed by atoms with van der Waals surface area (Å²) in [4.78, 5) is 11.0. The summed E-state index contributed by atoms with van der Waals surface area (Å²) in [6, 6.07) is 3.58. The molecule has 1 amide bonds. The van der Waals surface area contributed by atoms with Crippen LogP contribution in [-0.4, -0.2) is 25.7 Å². The number of amides is 1. The van der Waals surface area contributed by atoms with E-state index in [0.717, 1.165) is 10.0 Å². The lowest BCUT2D eigenvalue weighted by atomic mass is 10.2. The molecular formula is C11H11BrN2O4. The molecule has 1 heterocycles. The largest absolute Gasteiger partial charge is 0.454 e. The zero-order valence-corrected chi connectivity index (χ0v) is 11.2. The van der Waals surface area contributed by atoms with Crippen molar-refractivity contribution in [2.24, 2.45) is 5.10 Å². The van der Waals surface area contributed by atoms with E-state index in [0.29, 0.717) is 18.1 Å². The standard InChI is InChI=1S/C11H11BrN2O4/c1-2-16-11(15)14-13-5-7-3-8(12)10-9(4-7)17-6-18-10/h3-5H,2,6H2,1H3,(H,14,15)/b13-5-. The van der Waals surface area contributed by atoms with Gasteiger partial charge in [0.1, 0.15) is 0 Å². The third-order valence-electron chi connectivity index (χ3n) is 2.09. The number of ether oxygens (including phenoxy) is 3. The molecule has 0 saturated heterocycles. The van der Waals surface area contributed by atoms with Gasteiger partial charge in [0.25, 0.3) is 0 Å². The molecule has 0 radical (unpaired) electrons. The Hall–Kier alpha value is -1.76. The highest BCUT2D eigenvalue weighted by Gasteiger charge is 2.17. The molecule has 7 heteroatoms. The van der Waals surface area contributed by atoms with Crippen LogP contribution in [0.15, 0.2) is 21.7 Å². The van der Waals surface area contributed by atoms with E-state index < -0.39 is 6.09 Å². The van der Waals surface area contributed by atoms with Crippen molar-refractivity contribution in [1.82, 2.24) is 5.43 Å². The highest BCUT2D eigenvalue weighted by Crippen LogP contribution is 2.39. The second-order valence-corrected chi connectivity index (χ2v) is 4.18. The number of nitrogens with one attached hydrogen (secondary N) is 1. The first-order valence-electron chi connectivity index (χ1n) is 5.25. The van der Waals surface area contributed by atoms with Crippen LogP contribution in [0.3, 0.4) is 0 Å². The van der Waals surface area contributed by atoms with Gasteiger partial charge in [-0.15, -0.1) is 0 Å². The van der Waals surface area contributed by atoms with Crippen LogP contribution in [0.5, 0.6) is 11.5 Å². The summed E-state index contributed by atoms with van der Waals surface area (Å²) in [5, 5.41) is 3.76. The van der Waals surface area contributed by atoms with Crippen LogP contribution in [0.4, 0.5) is 4.79 Å².